The number of unbranched alkanes of at least 4 members (excludes halogenated alkanes) is 1. The van der Waals surface area contributed by atoms with Crippen molar-refractivity contribution in [2.24, 2.45) is 11.7 Å². The summed E-state index contributed by atoms with van der Waals surface area (Å²) in [6.45, 7) is 8.13. The maximum absolute atomic E-state index is 6.00. The van der Waals surface area contributed by atoms with E-state index >= 15 is 0 Å². The van der Waals surface area contributed by atoms with Crippen LogP contribution in [0, 0.1) is 5.92 Å². The standard InChI is InChI=1S/C10H22N2/c1-3-4-6-12-7-5-9(2)10(11)8-12/h9-10H,3-8,11H2,1-2H3. The molecule has 0 amide bonds. The van der Waals surface area contributed by atoms with E-state index in [9.17, 15) is 0 Å². The van der Waals surface area contributed by atoms with Gasteiger partial charge in [-0.1, -0.05) is 20.3 Å². The summed E-state index contributed by atoms with van der Waals surface area (Å²) in [6.07, 6.45) is 3.90. The molecule has 72 valence electrons. The van der Waals surface area contributed by atoms with Gasteiger partial charge in [-0.2, -0.15) is 0 Å². The van der Waals surface area contributed by atoms with E-state index in [0.29, 0.717) is 6.04 Å². The number of nitrogens with zero attached hydrogens (tertiary/aromatic N) is 1. The summed E-state index contributed by atoms with van der Waals surface area (Å²) in [5.41, 5.74) is 6.00. The Morgan fingerprint density at radius 3 is 2.83 bits per heavy atom. The average molecular weight is 170 g/mol. The topological polar surface area (TPSA) is 29.3 Å². The molecule has 0 aromatic heterocycles. The molecule has 0 aromatic carbocycles. The van der Waals surface area contributed by atoms with Gasteiger partial charge < -0.3 is 10.6 Å². The number of nitrogens with two attached hydrogens (primary N) is 1. The Hall–Kier alpha value is -0.0800. The fraction of sp³-hybridized carbons (Fsp3) is 1.00. The van der Waals surface area contributed by atoms with Gasteiger partial charge in [0.15, 0.2) is 0 Å². The van der Waals surface area contributed by atoms with Crippen LogP contribution in [0.3, 0.4) is 0 Å². The van der Waals surface area contributed by atoms with Gasteiger partial charge >= 0.3 is 0 Å². The van der Waals surface area contributed by atoms with Gasteiger partial charge in [0.2, 0.25) is 0 Å². The molecule has 0 aliphatic carbocycles. The van der Waals surface area contributed by atoms with Crippen LogP contribution >= 0.6 is 0 Å². The second-order valence-electron chi connectivity index (χ2n) is 4.08. The Morgan fingerprint density at radius 1 is 1.50 bits per heavy atom. The molecule has 0 bridgehead atoms. The molecular weight excluding hydrogens is 148 g/mol. The fourth-order valence-electron chi connectivity index (χ4n) is 1.75. The normalized spacial score (nSPS) is 32.2. The molecule has 1 heterocycles. The molecule has 2 unspecified atom stereocenters. The van der Waals surface area contributed by atoms with Gasteiger partial charge in [-0.05, 0) is 31.8 Å². The van der Waals surface area contributed by atoms with E-state index in [1.165, 1.54) is 32.4 Å². The van der Waals surface area contributed by atoms with Crippen molar-refractivity contribution in [2.45, 2.75) is 39.2 Å². The maximum Gasteiger partial charge on any atom is 0.0194 e. The number of hydrogen-bond acceptors (Lipinski definition) is 2. The van der Waals surface area contributed by atoms with Crippen molar-refractivity contribution in [3.8, 4) is 0 Å². The smallest absolute Gasteiger partial charge is 0.0194 e. The highest BCUT2D eigenvalue weighted by molar-refractivity contribution is 4.80. The van der Waals surface area contributed by atoms with Crippen molar-refractivity contribution >= 4 is 0 Å². The van der Waals surface area contributed by atoms with Crippen molar-refractivity contribution < 1.29 is 0 Å². The van der Waals surface area contributed by atoms with Crippen molar-refractivity contribution in [3.63, 3.8) is 0 Å². The number of rotatable bonds is 3. The minimum absolute atomic E-state index is 0.413. The molecule has 1 aliphatic rings. The van der Waals surface area contributed by atoms with Crippen molar-refractivity contribution in [3.05, 3.63) is 0 Å². The lowest BCUT2D eigenvalue weighted by atomic mass is 9.94. The summed E-state index contributed by atoms with van der Waals surface area (Å²) in [5, 5.41) is 0. The average Bonchev–Trinajstić information content (AvgIpc) is 2.07. The lowest BCUT2D eigenvalue weighted by molar-refractivity contribution is 0.167. The minimum atomic E-state index is 0.413. The molecule has 0 aromatic rings. The van der Waals surface area contributed by atoms with Crippen LogP contribution in [0.5, 0.6) is 0 Å². The molecule has 1 fully saturated rings. The first kappa shape index (κ1) is 10.0. The third kappa shape index (κ3) is 2.76. The van der Waals surface area contributed by atoms with Gasteiger partial charge in [0.25, 0.3) is 0 Å². The SMILES string of the molecule is CCCCN1CCC(C)C(N)C1. The van der Waals surface area contributed by atoms with Gasteiger partial charge in [-0.3, -0.25) is 0 Å². The summed E-state index contributed by atoms with van der Waals surface area (Å²) in [6, 6.07) is 0.413. The lowest BCUT2D eigenvalue weighted by Crippen LogP contribution is -2.47. The van der Waals surface area contributed by atoms with Crippen LogP contribution in [0.4, 0.5) is 0 Å². The van der Waals surface area contributed by atoms with Crippen molar-refractivity contribution in [1.29, 1.82) is 0 Å². The van der Waals surface area contributed by atoms with E-state index in [4.69, 9.17) is 5.73 Å². The Morgan fingerprint density at radius 2 is 2.25 bits per heavy atom. The number of hydrogen-bond donors (Lipinski definition) is 1. The van der Waals surface area contributed by atoms with Crippen LogP contribution in [0.1, 0.15) is 33.1 Å². The third-order valence-corrected chi connectivity index (χ3v) is 2.93. The van der Waals surface area contributed by atoms with Gasteiger partial charge in [0, 0.05) is 12.6 Å². The Balaban J connectivity index is 2.21. The zero-order valence-electron chi connectivity index (χ0n) is 8.42. The molecule has 0 saturated carbocycles. The van der Waals surface area contributed by atoms with Crippen LogP contribution in [0.15, 0.2) is 0 Å². The summed E-state index contributed by atoms with van der Waals surface area (Å²) in [7, 11) is 0. The van der Waals surface area contributed by atoms with Crippen molar-refractivity contribution in [1.82, 2.24) is 4.90 Å². The first-order valence-corrected chi connectivity index (χ1v) is 5.22. The molecule has 12 heavy (non-hydrogen) atoms. The molecule has 2 atom stereocenters. The predicted octanol–water partition coefficient (Wildman–Crippen LogP) is 1.46. The fourth-order valence-corrected chi connectivity index (χ4v) is 1.75. The van der Waals surface area contributed by atoms with Gasteiger partial charge in [-0.25, -0.2) is 0 Å². The van der Waals surface area contributed by atoms with Gasteiger partial charge in [0.05, 0.1) is 0 Å². The number of piperidine rings is 1. The van der Waals surface area contributed by atoms with Crippen LogP contribution in [0.2, 0.25) is 0 Å². The second-order valence-corrected chi connectivity index (χ2v) is 4.08. The molecule has 1 saturated heterocycles. The van der Waals surface area contributed by atoms with Crippen LogP contribution in [0.25, 0.3) is 0 Å². The van der Waals surface area contributed by atoms with E-state index in [1.54, 1.807) is 0 Å². The molecule has 2 nitrogen and oxygen atoms in total. The number of likely N-dealkylation sites (tertiary alicyclic amines) is 1. The predicted molar refractivity (Wildman–Crippen MR) is 53.1 cm³/mol. The largest absolute Gasteiger partial charge is 0.326 e. The highest BCUT2D eigenvalue weighted by Gasteiger charge is 2.21. The van der Waals surface area contributed by atoms with Crippen molar-refractivity contribution in [2.75, 3.05) is 19.6 Å². The molecule has 0 radical (unpaired) electrons. The monoisotopic (exact) mass is 170 g/mol. The first-order valence-electron chi connectivity index (χ1n) is 5.22. The summed E-state index contributed by atoms with van der Waals surface area (Å²) < 4.78 is 0. The summed E-state index contributed by atoms with van der Waals surface area (Å²) in [5.74, 6) is 0.725. The van der Waals surface area contributed by atoms with Crippen LogP contribution in [-0.4, -0.2) is 30.6 Å². The molecule has 2 heteroatoms. The zero-order valence-corrected chi connectivity index (χ0v) is 8.42. The first-order chi connectivity index (χ1) is 5.74. The maximum atomic E-state index is 6.00. The highest BCUT2D eigenvalue weighted by atomic mass is 15.1. The quantitative estimate of drug-likeness (QED) is 0.694. The lowest BCUT2D eigenvalue weighted by Gasteiger charge is -2.34. The second kappa shape index (κ2) is 4.83. The van der Waals surface area contributed by atoms with E-state index in [-0.39, 0.29) is 0 Å². The highest BCUT2D eigenvalue weighted by Crippen LogP contribution is 2.15. The van der Waals surface area contributed by atoms with Gasteiger partial charge in [-0.15, -0.1) is 0 Å². The third-order valence-electron chi connectivity index (χ3n) is 2.93. The Bertz CT molecular complexity index is 123. The van der Waals surface area contributed by atoms with Gasteiger partial charge in [0.1, 0.15) is 0 Å². The van der Waals surface area contributed by atoms with Crippen LogP contribution < -0.4 is 5.73 Å². The summed E-state index contributed by atoms with van der Waals surface area (Å²) >= 11 is 0. The molecule has 2 N–H and O–H groups in total. The Labute approximate surface area is 76.1 Å². The molecule has 1 aliphatic heterocycles. The molecule has 1 rings (SSSR count). The van der Waals surface area contributed by atoms with E-state index in [0.717, 1.165) is 12.5 Å². The summed E-state index contributed by atoms with van der Waals surface area (Å²) in [4.78, 5) is 2.51. The van der Waals surface area contributed by atoms with Crippen LogP contribution in [-0.2, 0) is 0 Å². The zero-order chi connectivity index (χ0) is 8.97. The Kier molecular flexibility index (Phi) is 4.02. The minimum Gasteiger partial charge on any atom is -0.326 e. The van der Waals surface area contributed by atoms with E-state index in [1.807, 2.05) is 0 Å². The van der Waals surface area contributed by atoms with E-state index < -0.39 is 0 Å². The van der Waals surface area contributed by atoms with E-state index in [2.05, 4.69) is 18.7 Å². The molecular formula is C10H22N2. The molecule has 0 spiro atoms.